The quantitative estimate of drug-likeness (QED) is 0.830. The summed E-state index contributed by atoms with van der Waals surface area (Å²) in [6.45, 7) is 3.76. The lowest BCUT2D eigenvalue weighted by Gasteiger charge is -1.96. The maximum Gasteiger partial charge on any atom is 0.349 e. The summed E-state index contributed by atoms with van der Waals surface area (Å²) in [6, 6.07) is 0. The Bertz CT molecular complexity index is 542. The van der Waals surface area contributed by atoms with Crippen molar-refractivity contribution in [1.29, 1.82) is 0 Å². The Morgan fingerprint density at radius 2 is 2.29 bits per heavy atom. The molecule has 0 aliphatic rings. The number of hydrogen-bond acceptors (Lipinski definition) is 3. The van der Waals surface area contributed by atoms with E-state index >= 15 is 0 Å². The highest BCUT2D eigenvalue weighted by Crippen LogP contribution is 2.18. The summed E-state index contributed by atoms with van der Waals surface area (Å²) >= 11 is 3.35. The molecule has 0 atom stereocenters. The monoisotopic (exact) mass is 256 g/mol. The number of fused-ring (bicyclic) bond motifs is 1. The van der Waals surface area contributed by atoms with E-state index in [0.29, 0.717) is 17.9 Å². The molecule has 0 aliphatic carbocycles. The van der Waals surface area contributed by atoms with Gasteiger partial charge in [0.2, 0.25) is 0 Å². The van der Waals surface area contributed by atoms with Crippen LogP contribution in [0.25, 0.3) is 5.65 Å². The van der Waals surface area contributed by atoms with Gasteiger partial charge in [0.25, 0.3) is 0 Å². The molecule has 0 spiro atoms. The number of nitrogens with one attached hydrogen (secondary N) is 1. The van der Waals surface area contributed by atoms with Crippen LogP contribution < -0.4 is 5.69 Å². The topological polar surface area (TPSA) is 63.1 Å². The van der Waals surface area contributed by atoms with Crippen LogP contribution in [0.5, 0.6) is 0 Å². The minimum absolute atomic E-state index is 0.249. The zero-order chi connectivity index (χ0) is 10.3. The first-order valence-corrected chi connectivity index (χ1v) is 5.06. The highest BCUT2D eigenvalue weighted by atomic mass is 79.9. The number of aryl methyl sites for hydroxylation is 2. The third kappa shape index (κ3) is 1.26. The standard InChI is InChI=1S/C8H9BrN4O/c1-3-5-10-7-6(9)4(2)12-13(7)8(14)11-5/h3H2,1-2H3,(H,10,11,14). The Hall–Kier alpha value is -1.17. The maximum absolute atomic E-state index is 11.5. The Labute approximate surface area is 88.3 Å². The molecule has 2 aromatic heterocycles. The molecule has 0 fully saturated rings. The lowest BCUT2D eigenvalue weighted by Crippen LogP contribution is -2.20. The molecule has 0 saturated heterocycles. The Morgan fingerprint density at radius 1 is 1.57 bits per heavy atom. The first-order chi connectivity index (χ1) is 6.63. The fourth-order valence-electron chi connectivity index (χ4n) is 1.23. The molecule has 6 heteroatoms. The molecular formula is C8H9BrN4O. The molecule has 2 aromatic rings. The van der Waals surface area contributed by atoms with E-state index < -0.39 is 0 Å². The van der Waals surface area contributed by atoms with Gasteiger partial charge in [-0.15, -0.1) is 0 Å². The third-order valence-corrected chi connectivity index (χ3v) is 2.91. The van der Waals surface area contributed by atoms with Gasteiger partial charge in [0, 0.05) is 6.42 Å². The number of rotatable bonds is 1. The van der Waals surface area contributed by atoms with Crippen LogP contribution >= 0.6 is 15.9 Å². The van der Waals surface area contributed by atoms with Crippen molar-refractivity contribution >= 4 is 21.6 Å². The second-order valence-corrected chi connectivity index (χ2v) is 3.77. The van der Waals surface area contributed by atoms with Crippen LogP contribution in [0.4, 0.5) is 0 Å². The number of nitrogens with zero attached hydrogens (tertiary/aromatic N) is 3. The molecule has 74 valence electrons. The largest absolute Gasteiger partial charge is 0.349 e. The predicted molar refractivity (Wildman–Crippen MR) is 55.4 cm³/mol. The average Bonchev–Trinajstić information content (AvgIpc) is 2.45. The Balaban J connectivity index is 2.91. The number of H-pyrrole nitrogens is 1. The van der Waals surface area contributed by atoms with Gasteiger partial charge in [-0.3, -0.25) is 4.98 Å². The summed E-state index contributed by atoms with van der Waals surface area (Å²) in [5.74, 6) is 0.670. The minimum atomic E-state index is -0.249. The number of hydrogen-bond donors (Lipinski definition) is 1. The van der Waals surface area contributed by atoms with E-state index in [1.807, 2.05) is 13.8 Å². The summed E-state index contributed by atoms with van der Waals surface area (Å²) < 4.78 is 2.04. The molecule has 0 aliphatic heterocycles. The fourth-order valence-corrected chi connectivity index (χ4v) is 1.57. The molecule has 14 heavy (non-hydrogen) atoms. The minimum Gasteiger partial charge on any atom is -0.294 e. The van der Waals surface area contributed by atoms with Gasteiger partial charge in [-0.25, -0.2) is 9.78 Å². The van der Waals surface area contributed by atoms with Crippen molar-refractivity contribution in [3.8, 4) is 0 Å². The Kier molecular flexibility index (Phi) is 2.14. The van der Waals surface area contributed by atoms with Gasteiger partial charge in [0.05, 0.1) is 10.2 Å². The third-order valence-electron chi connectivity index (χ3n) is 1.98. The molecule has 5 nitrogen and oxygen atoms in total. The van der Waals surface area contributed by atoms with Crippen molar-refractivity contribution in [3.63, 3.8) is 0 Å². The first kappa shape index (κ1) is 9.39. The molecule has 0 bridgehead atoms. The zero-order valence-electron chi connectivity index (χ0n) is 7.83. The molecule has 2 rings (SSSR count). The molecule has 0 aromatic carbocycles. The molecule has 0 saturated carbocycles. The van der Waals surface area contributed by atoms with Crippen molar-refractivity contribution in [2.75, 3.05) is 0 Å². The van der Waals surface area contributed by atoms with E-state index in [4.69, 9.17) is 0 Å². The predicted octanol–water partition coefficient (Wildman–Crippen LogP) is 1.05. The van der Waals surface area contributed by atoms with Gasteiger partial charge in [0.1, 0.15) is 5.82 Å². The van der Waals surface area contributed by atoms with E-state index in [1.165, 1.54) is 4.52 Å². The van der Waals surface area contributed by atoms with Crippen molar-refractivity contribution < 1.29 is 0 Å². The zero-order valence-corrected chi connectivity index (χ0v) is 9.42. The summed E-state index contributed by atoms with van der Waals surface area (Å²) in [4.78, 5) is 18.4. The highest BCUT2D eigenvalue weighted by Gasteiger charge is 2.10. The molecule has 0 unspecified atom stereocenters. The van der Waals surface area contributed by atoms with Crippen LogP contribution in [0.15, 0.2) is 9.27 Å². The smallest absolute Gasteiger partial charge is 0.294 e. The first-order valence-electron chi connectivity index (χ1n) is 4.27. The van der Waals surface area contributed by atoms with E-state index in [2.05, 4.69) is 31.0 Å². The van der Waals surface area contributed by atoms with Gasteiger partial charge in [-0.05, 0) is 22.9 Å². The van der Waals surface area contributed by atoms with Crippen LogP contribution in [-0.4, -0.2) is 19.6 Å². The number of aromatic nitrogens is 4. The van der Waals surface area contributed by atoms with E-state index in [-0.39, 0.29) is 5.69 Å². The van der Waals surface area contributed by atoms with Crippen LogP contribution in [-0.2, 0) is 6.42 Å². The molecule has 2 heterocycles. The van der Waals surface area contributed by atoms with Gasteiger partial charge in [-0.2, -0.15) is 9.61 Å². The van der Waals surface area contributed by atoms with Crippen LogP contribution in [0.2, 0.25) is 0 Å². The average molecular weight is 257 g/mol. The molecule has 0 radical (unpaired) electrons. The van der Waals surface area contributed by atoms with Crippen molar-refractivity contribution in [2.24, 2.45) is 0 Å². The van der Waals surface area contributed by atoms with E-state index in [1.54, 1.807) is 0 Å². The van der Waals surface area contributed by atoms with Gasteiger partial charge in [-0.1, -0.05) is 6.92 Å². The summed E-state index contributed by atoms with van der Waals surface area (Å²) in [5.41, 5.74) is 1.08. The van der Waals surface area contributed by atoms with Crippen molar-refractivity contribution in [3.05, 3.63) is 26.5 Å². The second-order valence-electron chi connectivity index (χ2n) is 2.98. The van der Waals surface area contributed by atoms with Crippen LogP contribution in [0.3, 0.4) is 0 Å². The molecular weight excluding hydrogens is 248 g/mol. The molecule has 1 N–H and O–H groups in total. The highest BCUT2D eigenvalue weighted by molar-refractivity contribution is 9.10. The lowest BCUT2D eigenvalue weighted by atomic mass is 10.4. The molecule has 0 amide bonds. The summed E-state index contributed by atoms with van der Waals surface area (Å²) in [7, 11) is 0. The van der Waals surface area contributed by atoms with Crippen molar-refractivity contribution in [1.82, 2.24) is 19.6 Å². The SMILES string of the molecule is CCc1nc2c(Br)c(C)nn2c(=O)[nH]1. The van der Waals surface area contributed by atoms with E-state index in [0.717, 1.165) is 10.2 Å². The van der Waals surface area contributed by atoms with Crippen LogP contribution in [0.1, 0.15) is 18.4 Å². The normalized spacial score (nSPS) is 11.1. The second kappa shape index (κ2) is 3.20. The van der Waals surface area contributed by atoms with Gasteiger partial charge >= 0.3 is 5.69 Å². The van der Waals surface area contributed by atoms with E-state index in [9.17, 15) is 4.79 Å². The number of halogens is 1. The van der Waals surface area contributed by atoms with Gasteiger partial charge < -0.3 is 0 Å². The van der Waals surface area contributed by atoms with Crippen molar-refractivity contribution in [2.45, 2.75) is 20.3 Å². The summed E-state index contributed by atoms with van der Waals surface area (Å²) in [5, 5.41) is 4.05. The number of aromatic amines is 1. The fraction of sp³-hybridized carbons (Fsp3) is 0.375. The summed E-state index contributed by atoms with van der Waals surface area (Å²) in [6.07, 6.45) is 0.697. The van der Waals surface area contributed by atoms with Crippen LogP contribution in [0, 0.1) is 6.92 Å². The van der Waals surface area contributed by atoms with Gasteiger partial charge in [0.15, 0.2) is 5.65 Å². The lowest BCUT2D eigenvalue weighted by molar-refractivity contribution is 0.790. The maximum atomic E-state index is 11.5. The Morgan fingerprint density at radius 3 is 2.93 bits per heavy atom.